The first kappa shape index (κ1) is 16.8. The first-order valence-electron chi connectivity index (χ1n) is 8.18. The predicted octanol–water partition coefficient (Wildman–Crippen LogP) is 3.45. The summed E-state index contributed by atoms with van der Waals surface area (Å²) in [7, 11) is -3.53. The summed E-state index contributed by atoms with van der Waals surface area (Å²) < 4.78 is 35.1. The van der Waals surface area contributed by atoms with E-state index in [0.717, 1.165) is 31.2 Å². The Kier molecular flexibility index (Phi) is 5.37. The van der Waals surface area contributed by atoms with Crippen molar-refractivity contribution in [2.45, 2.75) is 38.3 Å². The van der Waals surface area contributed by atoms with Crippen molar-refractivity contribution in [2.75, 3.05) is 4.72 Å². The Bertz CT molecular complexity index is 740. The molecule has 6 heteroatoms. The van der Waals surface area contributed by atoms with Gasteiger partial charge in [-0.3, -0.25) is 4.72 Å². The lowest BCUT2D eigenvalue weighted by Gasteiger charge is -2.14. The van der Waals surface area contributed by atoms with Gasteiger partial charge >= 0.3 is 0 Å². The quantitative estimate of drug-likeness (QED) is 0.807. The molecule has 0 unspecified atom stereocenters. The molecule has 1 aliphatic carbocycles. The largest absolute Gasteiger partial charge is 0.489 e. The van der Waals surface area contributed by atoms with Gasteiger partial charge in [-0.05, 0) is 42.7 Å². The van der Waals surface area contributed by atoms with E-state index in [4.69, 9.17) is 4.74 Å². The van der Waals surface area contributed by atoms with Gasteiger partial charge in [0.1, 0.15) is 12.4 Å². The molecule has 5 nitrogen and oxygen atoms in total. The van der Waals surface area contributed by atoms with Crippen LogP contribution in [0.3, 0.4) is 0 Å². The second-order valence-electron chi connectivity index (χ2n) is 6.00. The van der Waals surface area contributed by atoms with Crippen LogP contribution >= 0.6 is 0 Å². The van der Waals surface area contributed by atoms with Crippen molar-refractivity contribution in [2.24, 2.45) is 0 Å². The standard InChI is InChI=1S/C18H22N2O3S/c21-24(22,19-16-8-4-5-9-16)20-17-10-12-18(13-11-17)23-14-15-6-2-1-3-7-15/h1-3,6-7,10-13,16,19-20H,4-5,8-9,14H2. The number of nitrogens with one attached hydrogen (secondary N) is 2. The maximum absolute atomic E-state index is 12.1. The number of hydrogen-bond acceptors (Lipinski definition) is 3. The molecule has 1 saturated carbocycles. The zero-order valence-corrected chi connectivity index (χ0v) is 14.3. The highest BCUT2D eigenvalue weighted by atomic mass is 32.2. The third-order valence-corrected chi connectivity index (χ3v) is 5.18. The molecule has 0 spiro atoms. The normalized spacial score (nSPS) is 15.3. The van der Waals surface area contributed by atoms with Crippen molar-refractivity contribution >= 4 is 15.9 Å². The van der Waals surface area contributed by atoms with Crippen molar-refractivity contribution in [3.05, 3.63) is 60.2 Å². The third kappa shape index (κ3) is 4.97. The van der Waals surface area contributed by atoms with Gasteiger partial charge in [0.25, 0.3) is 10.2 Å². The molecular formula is C18H22N2O3S. The van der Waals surface area contributed by atoms with Crippen molar-refractivity contribution in [3.63, 3.8) is 0 Å². The lowest BCUT2D eigenvalue weighted by molar-refractivity contribution is 0.306. The number of benzene rings is 2. The zero-order chi connectivity index (χ0) is 16.8. The molecular weight excluding hydrogens is 324 g/mol. The van der Waals surface area contributed by atoms with Crippen LogP contribution in [0.1, 0.15) is 31.2 Å². The lowest BCUT2D eigenvalue weighted by atomic mass is 10.2. The molecule has 1 fully saturated rings. The van der Waals surface area contributed by atoms with E-state index >= 15 is 0 Å². The number of ether oxygens (including phenoxy) is 1. The summed E-state index contributed by atoms with van der Waals surface area (Å²) in [6.07, 6.45) is 3.99. The van der Waals surface area contributed by atoms with Gasteiger partial charge in [-0.2, -0.15) is 13.1 Å². The Hall–Kier alpha value is -2.05. The molecule has 0 bridgehead atoms. The van der Waals surface area contributed by atoms with Crippen molar-refractivity contribution in [3.8, 4) is 5.75 Å². The van der Waals surface area contributed by atoms with Crippen LogP contribution in [0.2, 0.25) is 0 Å². The minimum atomic E-state index is -3.53. The summed E-state index contributed by atoms with van der Waals surface area (Å²) >= 11 is 0. The summed E-state index contributed by atoms with van der Waals surface area (Å²) in [4.78, 5) is 0. The van der Waals surface area contributed by atoms with Crippen LogP contribution in [-0.2, 0) is 16.8 Å². The molecule has 0 aliphatic heterocycles. The fourth-order valence-corrected chi connectivity index (χ4v) is 3.99. The maximum Gasteiger partial charge on any atom is 0.299 e. The van der Waals surface area contributed by atoms with Gasteiger partial charge in [-0.15, -0.1) is 0 Å². The maximum atomic E-state index is 12.1. The molecule has 0 aromatic heterocycles. The Morgan fingerprint density at radius 3 is 2.29 bits per heavy atom. The summed E-state index contributed by atoms with van der Waals surface area (Å²) in [5.74, 6) is 0.700. The third-order valence-electron chi connectivity index (χ3n) is 4.03. The molecule has 24 heavy (non-hydrogen) atoms. The molecule has 0 saturated heterocycles. The van der Waals surface area contributed by atoms with Gasteiger partial charge in [-0.1, -0.05) is 43.2 Å². The minimum absolute atomic E-state index is 0.0518. The van der Waals surface area contributed by atoms with E-state index in [1.165, 1.54) is 0 Å². The number of hydrogen-bond donors (Lipinski definition) is 2. The van der Waals surface area contributed by atoms with Crippen LogP contribution in [0.4, 0.5) is 5.69 Å². The molecule has 0 heterocycles. The van der Waals surface area contributed by atoms with E-state index in [0.29, 0.717) is 18.0 Å². The summed E-state index contributed by atoms with van der Waals surface area (Å²) in [6.45, 7) is 0.481. The molecule has 3 rings (SSSR count). The topological polar surface area (TPSA) is 67.4 Å². The monoisotopic (exact) mass is 346 g/mol. The summed E-state index contributed by atoms with van der Waals surface area (Å²) in [5, 5.41) is 0. The zero-order valence-electron chi connectivity index (χ0n) is 13.4. The van der Waals surface area contributed by atoms with Crippen molar-refractivity contribution in [1.82, 2.24) is 4.72 Å². The van der Waals surface area contributed by atoms with E-state index in [1.807, 2.05) is 30.3 Å². The SMILES string of the molecule is O=S(=O)(Nc1ccc(OCc2ccccc2)cc1)NC1CCCC1. The number of rotatable bonds is 7. The Balaban J connectivity index is 1.54. The van der Waals surface area contributed by atoms with E-state index in [9.17, 15) is 8.42 Å². The van der Waals surface area contributed by atoms with Crippen LogP contribution in [0.15, 0.2) is 54.6 Å². The smallest absolute Gasteiger partial charge is 0.299 e. The van der Waals surface area contributed by atoms with Crippen molar-refractivity contribution in [1.29, 1.82) is 0 Å². The highest BCUT2D eigenvalue weighted by molar-refractivity contribution is 7.90. The van der Waals surface area contributed by atoms with Gasteiger partial charge < -0.3 is 4.74 Å². The Labute approximate surface area is 143 Å². The van der Waals surface area contributed by atoms with Crippen LogP contribution in [0.5, 0.6) is 5.75 Å². The highest BCUT2D eigenvalue weighted by Gasteiger charge is 2.21. The first-order chi connectivity index (χ1) is 11.6. The van der Waals surface area contributed by atoms with Crippen molar-refractivity contribution < 1.29 is 13.2 Å². The fourth-order valence-electron chi connectivity index (χ4n) is 2.81. The summed E-state index contributed by atoms with van der Waals surface area (Å²) in [5.41, 5.74) is 1.61. The molecule has 0 amide bonds. The Morgan fingerprint density at radius 1 is 0.958 bits per heavy atom. The van der Waals surface area contributed by atoms with Gasteiger partial charge in [0.05, 0.1) is 5.69 Å². The summed E-state index contributed by atoms with van der Waals surface area (Å²) in [6, 6.07) is 16.9. The molecule has 1 aliphatic rings. The Morgan fingerprint density at radius 2 is 1.62 bits per heavy atom. The second-order valence-corrected chi connectivity index (χ2v) is 7.45. The minimum Gasteiger partial charge on any atom is -0.489 e. The molecule has 128 valence electrons. The van der Waals surface area contributed by atoms with Gasteiger partial charge in [0.2, 0.25) is 0 Å². The van der Waals surface area contributed by atoms with Crippen LogP contribution in [0, 0.1) is 0 Å². The van der Waals surface area contributed by atoms with E-state index in [1.54, 1.807) is 24.3 Å². The molecule has 0 atom stereocenters. The van der Waals surface area contributed by atoms with Crippen LogP contribution in [0.25, 0.3) is 0 Å². The van der Waals surface area contributed by atoms with E-state index < -0.39 is 10.2 Å². The first-order valence-corrected chi connectivity index (χ1v) is 9.66. The molecule has 2 N–H and O–H groups in total. The second kappa shape index (κ2) is 7.68. The van der Waals surface area contributed by atoms with Gasteiger partial charge in [-0.25, -0.2) is 0 Å². The molecule has 0 radical (unpaired) electrons. The fraction of sp³-hybridized carbons (Fsp3) is 0.333. The average Bonchev–Trinajstić information content (AvgIpc) is 3.07. The van der Waals surface area contributed by atoms with Gasteiger partial charge in [0, 0.05) is 6.04 Å². The number of anilines is 1. The van der Waals surface area contributed by atoms with Crippen LogP contribution < -0.4 is 14.2 Å². The lowest BCUT2D eigenvalue weighted by Crippen LogP contribution is -2.37. The van der Waals surface area contributed by atoms with E-state index in [2.05, 4.69) is 9.44 Å². The van der Waals surface area contributed by atoms with E-state index in [-0.39, 0.29) is 6.04 Å². The van der Waals surface area contributed by atoms with Gasteiger partial charge in [0.15, 0.2) is 0 Å². The average molecular weight is 346 g/mol. The molecule has 2 aromatic carbocycles. The predicted molar refractivity (Wildman–Crippen MR) is 95.2 cm³/mol. The van der Waals surface area contributed by atoms with Crippen LogP contribution in [-0.4, -0.2) is 14.5 Å². The molecule has 2 aromatic rings. The highest BCUT2D eigenvalue weighted by Crippen LogP contribution is 2.20.